The Bertz CT molecular complexity index is 842. The number of aryl methyl sites for hydroxylation is 2. The van der Waals surface area contributed by atoms with E-state index in [1.165, 1.54) is 5.56 Å². The van der Waals surface area contributed by atoms with Gasteiger partial charge in [-0.1, -0.05) is 19.4 Å². The molecule has 3 rings (SSSR count). The van der Waals surface area contributed by atoms with Crippen molar-refractivity contribution in [2.24, 2.45) is 5.41 Å². The average Bonchev–Trinajstić information content (AvgIpc) is 2.82. The summed E-state index contributed by atoms with van der Waals surface area (Å²) in [7, 11) is 1.69. The summed E-state index contributed by atoms with van der Waals surface area (Å²) in [5.74, 6) is -0.0789. The number of pyridine rings is 1. The van der Waals surface area contributed by atoms with Gasteiger partial charge in [0.25, 0.3) is 0 Å². The quantitative estimate of drug-likeness (QED) is 0.324. The van der Waals surface area contributed by atoms with Gasteiger partial charge in [0.05, 0.1) is 6.10 Å². The van der Waals surface area contributed by atoms with Crippen LogP contribution in [0.25, 0.3) is 0 Å². The Morgan fingerprint density at radius 3 is 2.74 bits per heavy atom. The second kappa shape index (κ2) is 13.2. The van der Waals surface area contributed by atoms with Gasteiger partial charge in [-0.2, -0.15) is 0 Å². The normalized spacial score (nSPS) is 18.2. The molecule has 3 N–H and O–H groups in total. The van der Waals surface area contributed by atoms with Gasteiger partial charge in [-0.05, 0) is 81.9 Å². The summed E-state index contributed by atoms with van der Waals surface area (Å²) >= 11 is 0. The van der Waals surface area contributed by atoms with Crippen LogP contribution in [0.5, 0.6) is 0 Å². The summed E-state index contributed by atoms with van der Waals surface area (Å²) in [5, 5.41) is 15.9. The van der Waals surface area contributed by atoms with E-state index in [-0.39, 0.29) is 17.4 Å². The topological polar surface area (TPSA) is 104 Å². The average molecular weight is 489 g/mol. The van der Waals surface area contributed by atoms with Crippen molar-refractivity contribution in [3.05, 3.63) is 23.4 Å². The van der Waals surface area contributed by atoms with Gasteiger partial charge >= 0.3 is 5.97 Å². The number of rotatable bonds is 15. The van der Waals surface area contributed by atoms with Crippen LogP contribution in [0.4, 0.5) is 5.82 Å². The number of ether oxygens (including phenoxy) is 1. The molecular weight excluding hydrogens is 444 g/mol. The molecule has 2 aliphatic rings. The number of nitrogens with zero attached hydrogens (tertiary/aromatic N) is 2. The number of carbonyl (C=O) groups excluding carboxylic acids is 1. The van der Waals surface area contributed by atoms with E-state index in [2.05, 4.69) is 34.6 Å². The Labute approximate surface area is 210 Å². The maximum Gasteiger partial charge on any atom is 0.326 e. The zero-order valence-electron chi connectivity index (χ0n) is 21.8. The molecule has 1 aliphatic carbocycles. The van der Waals surface area contributed by atoms with Crippen LogP contribution in [0.1, 0.15) is 76.5 Å². The van der Waals surface area contributed by atoms with Gasteiger partial charge in [0, 0.05) is 38.9 Å². The number of carboxylic acid groups (broad SMARTS) is 1. The first-order valence-electron chi connectivity index (χ1n) is 13.3. The molecule has 1 aromatic heterocycles. The Hall–Kier alpha value is -2.19. The maximum absolute atomic E-state index is 12.5. The standard InChI is InChI=1S/C27H44N4O4/c1-20(35-3)19-31(16-5-4-9-22-11-10-21-8-6-15-28-25(21)29-22)17-12-23(26(33)34)30-24(32)18-27(2)13-7-14-27/h10-11,20,23H,4-9,12-19H2,1-3H3,(H,28,29)(H,30,32)(H,33,34). The number of carboxylic acids is 1. The van der Waals surface area contributed by atoms with Crippen LogP contribution in [0.15, 0.2) is 12.1 Å². The fraction of sp³-hybridized carbons (Fsp3) is 0.741. The summed E-state index contributed by atoms with van der Waals surface area (Å²) in [6, 6.07) is 3.47. The van der Waals surface area contributed by atoms with Crippen molar-refractivity contribution in [1.82, 2.24) is 15.2 Å². The number of unbranched alkanes of at least 4 members (excludes halogenated alkanes) is 1. The minimum Gasteiger partial charge on any atom is -0.480 e. The zero-order chi connectivity index (χ0) is 25.3. The predicted octanol–water partition coefficient (Wildman–Crippen LogP) is 3.64. The number of fused-ring (bicyclic) bond motifs is 1. The van der Waals surface area contributed by atoms with Gasteiger partial charge in [-0.25, -0.2) is 9.78 Å². The second-order valence-corrected chi connectivity index (χ2v) is 10.7. The highest BCUT2D eigenvalue weighted by atomic mass is 16.5. The van der Waals surface area contributed by atoms with E-state index in [1.54, 1.807) is 7.11 Å². The summed E-state index contributed by atoms with van der Waals surface area (Å²) in [6.45, 7) is 7.31. The van der Waals surface area contributed by atoms with Crippen molar-refractivity contribution in [2.75, 3.05) is 38.6 Å². The molecular formula is C27H44N4O4. The lowest BCUT2D eigenvalue weighted by Crippen LogP contribution is -2.45. The van der Waals surface area contributed by atoms with Crippen LogP contribution in [0.3, 0.4) is 0 Å². The molecule has 1 amide bonds. The first-order valence-corrected chi connectivity index (χ1v) is 13.3. The van der Waals surface area contributed by atoms with Gasteiger partial charge in [0.2, 0.25) is 5.91 Å². The minimum absolute atomic E-state index is 0.0377. The van der Waals surface area contributed by atoms with E-state index in [0.29, 0.717) is 19.4 Å². The highest BCUT2D eigenvalue weighted by Crippen LogP contribution is 2.43. The zero-order valence-corrected chi connectivity index (χ0v) is 21.8. The van der Waals surface area contributed by atoms with E-state index in [4.69, 9.17) is 9.72 Å². The maximum atomic E-state index is 12.5. The Morgan fingerprint density at radius 1 is 1.26 bits per heavy atom. The molecule has 2 unspecified atom stereocenters. The van der Waals surface area contributed by atoms with E-state index in [9.17, 15) is 14.7 Å². The lowest BCUT2D eigenvalue weighted by molar-refractivity contribution is -0.142. The highest BCUT2D eigenvalue weighted by Gasteiger charge is 2.35. The third-order valence-corrected chi connectivity index (χ3v) is 7.54. The predicted molar refractivity (Wildman–Crippen MR) is 138 cm³/mol. The van der Waals surface area contributed by atoms with Crippen molar-refractivity contribution in [3.8, 4) is 0 Å². The van der Waals surface area contributed by atoms with E-state index < -0.39 is 12.0 Å². The third-order valence-electron chi connectivity index (χ3n) is 7.54. The van der Waals surface area contributed by atoms with Crippen LogP contribution in [-0.2, 0) is 27.2 Å². The summed E-state index contributed by atoms with van der Waals surface area (Å²) in [4.78, 5) is 31.3. The number of aliphatic carboxylic acids is 1. The van der Waals surface area contributed by atoms with E-state index >= 15 is 0 Å². The summed E-state index contributed by atoms with van der Waals surface area (Å²) < 4.78 is 5.46. The number of hydrogen-bond acceptors (Lipinski definition) is 6. The molecule has 1 saturated carbocycles. The third kappa shape index (κ3) is 8.76. The molecule has 1 fully saturated rings. The Morgan fingerprint density at radius 2 is 2.06 bits per heavy atom. The number of aromatic nitrogens is 1. The van der Waals surface area contributed by atoms with Crippen LogP contribution in [-0.4, -0.2) is 72.3 Å². The SMILES string of the molecule is COC(C)CN(CCCCc1ccc2c(n1)NCCC2)CCC(NC(=O)CC1(C)CCC1)C(=O)O. The smallest absolute Gasteiger partial charge is 0.326 e. The monoisotopic (exact) mass is 488 g/mol. The van der Waals surface area contributed by atoms with Crippen molar-refractivity contribution in [2.45, 2.75) is 90.2 Å². The van der Waals surface area contributed by atoms with Crippen LogP contribution < -0.4 is 10.6 Å². The largest absolute Gasteiger partial charge is 0.480 e. The molecule has 2 atom stereocenters. The first-order chi connectivity index (χ1) is 16.8. The molecule has 8 nitrogen and oxygen atoms in total. The molecule has 35 heavy (non-hydrogen) atoms. The summed E-state index contributed by atoms with van der Waals surface area (Å²) in [5.41, 5.74) is 2.46. The van der Waals surface area contributed by atoms with Gasteiger partial charge in [-0.15, -0.1) is 0 Å². The van der Waals surface area contributed by atoms with Crippen LogP contribution >= 0.6 is 0 Å². The van der Waals surface area contributed by atoms with E-state index in [1.807, 2.05) is 6.92 Å². The van der Waals surface area contributed by atoms with Gasteiger partial charge in [0.15, 0.2) is 0 Å². The molecule has 8 heteroatoms. The van der Waals surface area contributed by atoms with Gasteiger partial charge in [0.1, 0.15) is 11.9 Å². The number of methoxy groups -OCH3 is 1. The Kier molecular flexibility index (Phi) is 10.3. The molecule has 0 bridgehead atoms. The molecule has 1 aromatic rings. The molecule has 0 saturated heterocycles. The van der Waals surface area contributed by atoms with Crippen molar-refractivity contribution in [3.63, 3.8) is 0 Å². The number of nitrogens with one attached hydrogen (secondary N) is 2. The number of anilines is 1. The minimum atomic E-state index is -0.969. The molecule has 196 valence electrons. The first kappa shape index (κ1) is 27.4. The van der Waals surface area contributed by atoms with Crippen molar-refractivity contribution >= 4 is 17.7 Å². The molecule has 1 aliphatic heterocycles. The van der Waals surface area contributed by atoms with Gasteiger partial charge in [-0.3, -0.25) is 4.79 Å². The van der Waals surface area contributed by atoms with Gasteiger partial charge < -0.3 is 25.4 Å². The van der Waals surface area contributed by atoms with Crippen LogP contribution in [0, 0.1) is 5.41 Å². The molecule has 2 heterocycles. The second-order valence-electron chi connectivity index (χ2n) is 10.7. The van der Waals surface area contributed by atoms with Crippen molar-refractivity contribution in [1.29, 1.82) is 0 Å². The molecule has 0 aromatic carbocycles. The lowest BCUT2D eigenvalue weighted by atomic mass is 9.68. The number of hydrogen-bond donors (Lipinski definition) is 3. The fourth-order valence-corrected chi connectivity index (χ4v) is 5.04. The molecule has 0 spiro atoms. The highest BCUT2D eigenvalue weighted by molar-refractivity contribution is 5.83. The summed E-state index contributed by atoms with van der Waals surface area (Å²) in [6.07, 6.45) is 9.27. The van der Waals surface area contributed by atoms with E-state index in [0.717, 1.165) is 82.5 Å². The van der Waals surface area contributed by atoms with Crippen LogP contribution in [0.2, 0.25) is 0 Å². The number of amides is 1. The Balaban J connectivity index is 1.45. The lowest BCUT2D eigenvalue weighted by Gasteiger charge is -2.38. The fourth-order valence-electron chi connectivity index (χ4n) is 5.04. The molecule has 0 radical (unpaired) electrons. The van der Waals surface area contributed by atoms with Crippen molar-refractivity contribution < 1.29 is 19.4 Å². The number of carbonyl (C=O) groups is 2.